The van der Waals surface area contributed by atoms with Crippen molar-refractivity contribution < 1.29 is 19.5 Å². The van der Waals surface area contributed by atoms with Crippen LogP contribution in [0, 0.1) is 0 Å². The van der Waals surface area contributed by atoms with E-state index in [2.05, 4.69) is 24.5 Å². The van der Waals surface area contributed by atoms with Crippen LogP contribution in [0.4, 0.5) is 0 Å². The third-order valence-corrected chi connectivity index (χ3v) is 3.94. The molecule has 0 aromatic carbocycles. The van der Waals surface area contributed by atoms with E-state index >= 15 is 0 Å². The predicted molar refractivity (Wildman–Crippen MR) is 83.5 cm³/mol. The van der Waals surface area contributed by atoms with E-state index in [1.54, 1.807) is 18.3 Å². The van der Waals surface area contributed by atoms with Gasteiger partial charge in [-0.2, -0.15) is 0 Å². The van der Waals surface area contributed by atoms with Crippen LogP contribution >= 0.6 is 0 Å². The third kappa shape index (κ3) is 4.19. The molecule has 1 aliphatic heterocycles. The van der Waals surface area contributed by atoms with Crippen molar-refractivity contribution in [2.45, 2.75) is 25.0 Å². The molecular weight excluding hydrogens is 316 g/mol. The molecular formula is C15H20N4O5. The van der Waals surface area contributed by atoms with Gasteiger partial charge in [-0.25, -0.2) is 9.78 Å². The predicted octanol–water partition coefficient (Wildman–Crippen LogP) is -0.379. The van der Waals surface area contributed by atoms with Gasteiger partial charge in [0.05, 0.1) is 25.0 Å². The molecule has 0 bridgehead atoms. The minimum Gasteiger partial charge on any atom is -0.492 e. The van der Waals surface area contributed by atoms with E-state index in [1.807, 2.05) is 0 Å². The summed E-state index contributed by atoms with van der Waals surface area (Å²) >= 11 is 0. The van der Waals surface area contributed by atoms with Gasteiger partial charge >= 0.3 is 5.76 Å². The second kappa shape index (κ2) is 7.56. The molecule has 1 saturated heterocycles. The summed E-state index contributed by atoms with van der Waals surface area (Å²) in [6.07, 6.45) is 1.68. The first-order valence-electron chi connectivity index (χ1n) is 7.85. The Bertz CT molecular complexity index is 698. The third-order valence-electron chi connectivity index (χ3n) is 3.94. The van der Waals surface area contributed by atoms with E-state index in [9.17, 15) is 15.0 Å². The van der Waals surface area contributed by atoms with Crippen molar-refractivity contribution in [3.63, 3.8) is 0 Å². The van der Waals surface area contributed by atoms with Gasteiger partial charge in [0.15, 0.2) is 0 Å². The Labute approximate surface area is 137 Å². The molecule has 9 nitrogen and oxygen atoms in total. The SMILES string of the molecule is O=c1[nH]c(-c2ccc(OCCCN3CC[C@@H](O)[C@H](O)C3)cn2)no1. The highest BCUT2D eigenvalue weighted by atomic mass is 16.5. The van der Waals surface area contributed by atoms with E-state index in [-0.39, 0.29) is 5.82 Å². The summed E-state index contributed by atoms with van der Waals surface area (Å²) in [5.41, 5.74) is 0.495. The van der Waals surface area contributed by atoms with Crippen molar-refractivity contribution in [3.05, 3.63) is 28.9 Å². The normalized spacial score (nSPS) is 21.8. The number of pyridine rings is 1. The fraction of sp³-hybridized carbons (Fsp3) is 0.533. The highest BCUT2D eigenvalue weighted by Gasteiger charge is 2.25. The number of β-amino-alcohol motifs (C(OH)–C–C–N with tert-alkyl or cyclic N) is 1. The maximum Gasteiger partial charge on any atom is 0.439 e. The van der Waals surface area contributed by atoms with Crippen LogP contribution in [0.5, 0.6) is 5.75 Å². The summed E-state index contributed by atoms with van der Waals surface area (Å²) in [5.74, 6) is 0.276. The Hall–Kier alpha value is -2.23. The van der Waals surface area contributed by atoms with E-state index in [1.165, 1.54) is 0 Å². The number of H-pyrrole nitrogens is 1. The Kier molecular flexibility index (Phi) is 5.24. The largest absolute Gasteiger partial charge is 0.492 e. The zero-order valence-electron chi connectivity index (χ0n) is 13.1. The summed E-state index contributed by atoms with van der Waals surface area (Å²) in [6.45, 7) is 2.60. The average molecular weight is 336 g/mol. The quantitative estimate of drug-likeness (QED) is 0.610. The molecule has 2 aromatic heterocycles. The van der Waals surface area contributed by atoms with Gasteiger partial charge in [-0.1, -0.05) is 5.16 Å². The zero-order chi connectivity index (χ0) is 16.9. The number of nitrogens with one attached hydrogen (secondary N) is 1. The van der Waals surface area contributed by atoms with Gasteiger partial charge in [0, 0.05) is 19.6 Å². The number of hydrogen-bond acceptors (Lipinski definition) is 8. The second-order valence-corrected chi connectivity index (χ2v) is 5.75. The summed E-state index contributed by atoms with van der Waals surface area (Å²) in [5, 5.41) is 22.7. The standard InChI is InChI=1S/C15H20N4O5/c20-12-4-6-19(9-13(12)21)5-1-7-23-10-2-3-11(16-8-10)14-17-15(22)24-18-14/h2-3,8,12-13,20-21H,1,4-7,9H2,(H,17,18,22)/t12-,13-/m1/s1. The maximum absolute atomic E-state index is 10.9. The van der Waals surface area contributed by atoms with Crippen LogP contribution in [0.2, 0.25) is 0 Å². The lowest BCUT2D eigenvalue weighted by atomic mass is 10.1. The van der Waals surface area contributed by atoms with E-state index in [0.717, 1.165) is 19.5 Å². The Balaban J connectivity index is 1.41. The van der Waals surface area contributed by atoms with Gasteiger partial charge in [0.25, 0.3) is 0 Å². The van der Waals surface area contributed by atoms with Crippen LogP contribution in [-0.4, -0.2) is 68.7 Å². The van der Waals surface area contributed by atoms with Gasteiger partial charge in [-0.05, 0) is 25.0 Å². The van der Waals surface area contributed by atoms with Crippen LogP contribution in [0.25, 0.3) is 11.5 Å². The van der Waals surface area contributed by atoms with Crippen LogP contribution in [0.3, 0.4) is 0 Å². The molecule has 3 N–H and O–H groups in total. The number of piperidine rings is 1. The van der Waals surface area contributed by atoms with Gasteiger partial charge in [-0.3, -0.25) is 9.51 Å². The summed E-state index contributed by atoms with van der Waals surface area (Å²) in [6, 6.07) is 3.43. The lowest BCUT2D eigenvalue weighted by Crippen LogP contribution is -2.46. The lowest BCUT2D eigenvalue weighted by Gasteiger charge is -2.33. The number of rotatable bonds is 6. The first-order valence-corrected chi connectivity index (χ1v) is 7.85. The molecule has 24 heavy (non-hydrogen) atoms. The van der Waals surface area contributed by atoms with Crippen LogP contribution < -0.4 is 10.5 Å². The fourth-order valence-corrected chi connectivity index (χ4v) is 2.61. The number of aliphatic hydroxyl groups excluding tert-OH is 2. The van der Waals surface area contributed by atoms with E-state index < -0.39 is 18.0 Å². The van der Waals surface area contributed by atoms with Crippen molar-refractivity contribution in [2.75, 3.05) is 26.2 Å². The summed E-state index contributed by atoms with van der Waals surface area (Å²) in [7, 11) is 0. The van der Waals surface area contributed by atoms with Gasteiger partial charge in [-0.15, -0.1) is 0 Å². The van der Waals surface area contributed by atoms with Crippen molar-refractivity contribution in [3.8, 4) is 17.3 Å². The topological polar surface area (TPSA) is 125 Å². The van der Waals surface area contributed by atoms with Crippen LogP contribution in [-0.2, 0) is 0 Å². The highest BCUT2D eigenvalue weighted by molar-refractivity contribution is 5.48. The van der Waals surface area contributed by atoms with Crippen molar-refractivity contribution >= 4 is 0 Å². The molecule has 0 spiro atoms. The molecule has 0 amide bonds. The molecule has 0 radical (unpaired) electrons. The van der Waals surface area contributed by atoms with Gasteiger partial charge in [0.1, 0.15) is 11.4 Å². The molecule has 3 rings (SSSR count). The van der Waals surface area contributed by atoms with Crippen LogP contribution in [0.1, 0.15) is 12.8 Å². The number of likely N-dealkylation sites (tertiary alicyclic amines) is 1. The Morgan fingerprint density at radius 3 is 2.92 bits per heavy atom. The Morgan fingerprint density at radius 2 is 2.25 bits per heavy atom. The second-order valence-electron chi connectivity index (χ2n) is 5.75. The van der Waals surface area contributed by atoms with Gasteiger partial charge < -0.3 is 19.8 Å². The molecule has 1 fully saturated rings. The molecule has 2 aromatic rings. The van der Waals surface area contributed by atoms with Crippen molar-refractivity contribution in [2.24, 2.45) is 0 Å². The monoisotopic (exact) mass is 336 g/mol. The van der Waals surface area contributed by atoms with E-state index in [4.69, 9.17) is 4.74 Å². The minimum absolute atomic E-state index is 0.275. The van der Waals surface area contributed by atoms with Gasteiger partial charge in [0.2, 0.25) is 5.82 Å². The van der Waals surface area contributed by atoms with E-state index in [0.29, 0.717) is 31.0 Å². The number of hydrogen-bond donors (Lipinski definition) is 3. The lowest BCUT2D eigenvalue weighted by molar-refractivity contribution is -0.0389. The molecule has 9 heteroatoms. The number of aliphatic hydroxyl groups is 2. The van der Waals surface area contributed by atoms with Crippen molar-refractivity contribution in [1.29, 1.82) is 0 Å². The number of nitrogens with zero attached hydrogens (tertiary/aromatic N) is 3. The highest BCUT2D eigenvalue weighted by Crippen LogP contribution is 2.15. The van der Waals surface area contributed by atoms with Crippen molar-refractivity contribution in [1.82, 2.24) is 20.0 Å². The Morgan fingerprint density at radius 1 is 1.38 bits per heavy atom. The summed E-state index contributed by atoms with van der Waals surface area (Å²) in [4.78, 5) is 19.6. The molecule has 0 saturated carbocycles. The fourth-order valence-electron chi connectivity index (χ4n) is 2.61. The molecule has 0 unspecified atom stereocenters. The first-order chi connectivity index (χ1) is 11.6. The number of aromatic amines is 1. The zero-order valence-corrected chi connectivity index (χ0v) is 13.1. The minimum atomic E-state index is -0.667. The molecule has 0 aliphatic carbocycles. The summed E-state index contributed by atoms with van der Waals surface area (Å²) < 4.78 is 10.1. The number of ether oxygens (including phenoxy) is 1. The molecule has 1 aliphatic rings. The van der Waals surface area contributed by atoms with Crippen LogP contribution in [0.15, 0.2) is 27.6 Å². The first kappa shape index (κ1) is 16.6. The molecule has 3 heterocycles. The smallest absolute Gasteiger partial charge is 0.439 e. The average Bonchev–Trinajstić information content (AvgIpc) is 3.02. The molecule has 2 atom stereocenters. The number of aromatic nitrogens is 3. The maximum atomic E-state index is 10.9. The molecule has 130 valence electrons.